The first-order valence-electron chi connectivity index (χ1n) is 10.4. The highest BCUT2D eigenvalue weighted by Gasteiger charge is 2.22. The summed E-state index contributed by atoms with van der Waals surface area (Å²) >= 11 is 11.9. The number of nitrogens with zero attached hydrogens (tertiary/aromatic N) is 3. The fraction of sp³-hybridized carbons (Fsp3) is 0.545. The van der Waals surface area contributed by atoms with Crippen LogP contribution in [0.3, 0.4) is 0 Å². The van der Waals surface area contributed by atoms with Gasteiger partial charge in [0.05, 0.1) is 10.0 Å². The Balaban J connectivity index is 1.47. The molecule has 0 spiro atoms. The summed E-state index contributed by atoms with van der Waals surface area (Å²) in [5.41, 5.74) is 0.818. The number of rotatable bonds is 6. The van der Waals surface area contributed by atoms with Crippen molar-refractivity contribution in [1.29, 1.82) is 0 Å². The van der Waals surface area contributed by atoms with Gasteiger partial charge in [0.15, 0.2) is 0 Å². The zero-order valence-corrected chi connectivity index (χ0v) is 18.3. The molecule has 0 N–H and O–H groups in total. The quantitative estimate of drug-likeness (QED) is 0.632. The number of piperidine rings is 1. The molecule has 0 aliphatic carbocycles. The summed E-state index contributed by atoms with van der Waals surface area (Å²) < 4.78 is 0. The Hall–Kier alpha value is -1.56. The Morgan fingerprint density at radius 1 is 0.966 bits per heavy atom. The standard InChI is InChI=1S/C22H29Cl2N3O2/c23-19-7-5-18(17-20(19)24)6-8-21(28)27-14-9-22(29)26(15-16-27)13-4-12-25-10-2-1-3-11-25/h5-8,17H,1-4,9-16H2. The second-order valence-electron chi connectivity index (χ2n) is 7.72. The number of hydrogen-bond donors (Lipinski definition) is 0. The van der Waals surface area contributed by atoms with Gasteiger partial charge >= 0.3 is 0 Å². The van der Waals surface area contributed by atoms with Crippen LogP contribution >= 0.6 is 23.2 Å². The lowest BCUT2D eigenvalue weighted by Crippen LogP contribution is -2.37. The van der Waals surface area contributed by atoms with E-state index in [1.807, 2.05) is 11.0 Å². The van der Waals surface area contributed by atoms with Crippen LogP contribution in [0.25, 0.3) is 6.08 Å². The van der Waals surface area contributed by atoms with Crippen LogP contribution < -0.4 is 0 Å². The molecule has 2 aliphatic rings. The molecule has 0 aromatic heterocycles. The van der Waals surface area contributed by atoms with E-state index in [2.05, 4.69) is 4.90 Å². The number of halogens is 2. The summed E-state index contributed by atoms with van der Waals surface area (Å²) in [5.74, 6) is 0.0615. The van der Waals surface area contributed by atoms with Crippen molar-refractivity contribution in [3.63, 3.8) is 0 Å². The van der Waals surface area contributed by atoms with Crippen molar-refractivity contribution in [2.24, 2.45) is 0 Å². The van der Waals surface area contributed by atoms with E-state index in [-0.39, 0.29) is 11.8 Å². The maximum atomic E-state index is 12.6. The summed E-state index contributed by atoms with van der Waals surface area (Å²) in [4.78, 5) is 31.2. The molecule has 5 nitrogen and oxygen atoms in total. The fourth-order valence-electron chi connectivity index (χ4n) is 3.88. The predicted octanol–water partition coefficient (Wildman–Crippen LogP) is 3.94. The summed E-state index contributed by atoms with van der Waals surface area (Å²) in [6.07, 6.45) is 8.56. The number of carbonyl (C=O) groups excluding carboxylic acids is 2. The topological polar surface area (TPSA) is 43.9 Å². The Morgan fingerprint density at radius 2 is 1.76 bits per heavy atom. The third-order valence-electron chi connectivity index (χ3n) is 5.61. The normalized spacial score (nSPS) is 19.0. The minimum Gasteiger partial charge on any atom is -0.341 e. The van der Waals surface area contributed by atoms with Crippen LogP contribution in [0, 0.1) is 0 Å². The van der Waals surface area contributed by atoms with Gasteiger partial charge in [-0.05, 0) is 62.7 Å². The molecule has 0 atom stereocenters. The lowest BCUT2D eigenvalue weighted by molar-refractivity contribution is -0.130. The third-order valence-corrected chi connectivity index (χ3v) is 6.35. The lowest BCUT2D eigenvalue weighted by Gasteiger charge is -2.28. The predicted molar refractivity (Wildman–Crippen MR) is 118 cm³/mol. The van der Waals surface area contributed by atoms with Gasteiger partial charge in [-0.2, -0.15) is 0 Å². The van der Waals surface area contributed by atoms with Crippen molar-refractivity contribution in [3.8, 4) is 0 Å². The van der Waals surface area contributed by atoms with Crippen molar-refractivity contribution in [3.05, 3.63) is 39.9 Å². The molecule has 0 bridgehead atoms. The highest BCUT2D eigenvalue weighted by molar-refractivity contribution is 6.42. The van der Waals surface area contributed by atoms with Gasteiger partial charge in [0.25, 0.3) is 0 Å². The lowest BCUT2D eigenvalue weighted by atomic mass is 10.1. The van der Waals surface area contributed by atoms with Gasteiger partial charge in [0, 0.05) is 38.7 Å². The smallest absolute Gasteiger partial charge is 0.246 e. The Bertz CT molecular complexity index is 748. The fourth-order valence-corrected chi connectivity index (χ4v) is 4.19. The van der Waals surface area contributed by atoms with Crippen LogP contribution in [0.1, 0.15) is 37.7 Å². The number of amides is 2. The monoisotopic (exact) mass is 437 g/mol. The van der Waals surface area contributed by atoms with Gasteiger partial charge in [-0.3, -0.25) is 9.59 Å². The zero-order valence-electron chi connectivity index (χ0n) is 16.8. The Morgan fingerprint density at radius 3 is 2.52 bits per heavy atom. The van der Waals surface area contributed by atoms with Gasteiger partial charge in [0.2, 0.25) is 11.8 Å². The summed E-state index contributed by atoms with van der Waals surface area (Å²) in [7, 11) is 0. The molecule has 2 amide bonds. The van der Waals surface area contributed by atoms with Crippen molar-refractivity contribution in [1.82, 2.24) is 14.7 Å². The van der Waals surface area contributed by atoms with Crippen molar-refractivity contribution in [2.45, 2.75) is 32.1 Å². The summed E-state index contributed by atoms with van der Waals surface area (Å²) in [6.45, 7) is 5.83. The molecule has 2 saturated heterocycles. The highest BCUT2D eigenvalue weighted by Crippen LogP contribution is 2.23. The van der Waals surface area contributed by atoms with E-state index in [9.17, 15) is 9.59 Å². The first kappa shape index (κ1) is 22.1. The van der Waals surface area contributed by atoms with E-state index < -0.39 is 0 Å². The van der Waals surface area contributed by atoms with Crippen molar-refractivity contribution < 1.29 is 9.59 Å². The van der Waals surface area contributed by atoms with Crippen molar-refractivity contribution >= 4 is 41.1 Å². The molecular formula is C22H29Cl2N3O2. The SMILES string of the molecule is O=C(C=Cc1ccc(Cl)c(Cl)c1)N1CCC(=O)N(CCCN2CCCCC2)CC1. The molecular weight excluding hydrogens is 409 g/mol. The third kappa shape index (κ3) is 6.73. The minimum absolute atomic E-state index is 0.0842. The zero-order chi connectivity index (χ0) is 20.6. The van der Waals surface area contributed by atoms with E-state index in [1.54, 1.807) is 23.1 Å². The maximum absolute atomic E-state index is 12.6. The van der Waals surface area contributed by atoms with Crippen LogP contribution in [0.2, 0.25) is 10.0 Å². The molecule has 7 heteroatoms. The first-order chi connectivity index (χ1) is 14.0. The summed E-state index contributed by atoms with van der Waals surface area (Å²) in [6, 6.07) is 5.25. The second-order valence-corrected chi connectivity index (χ2v) is 8.53. The van der Waals surface area contributed by atoms with E-state index in [0.29, 0.717) is 36.1 Å². The molecule has 0 radical (unpaired) electrons. The highest BCUT2D eigenvalue weighted by atomic mass is 35.5. The average Bonchev–Trinajstić information content (AvgIpc) is 2.91. The molecule has 1 aromatic rings. The molecule has 3 rings (SSSR count). The van der Waals surface area contributed by atoms with Crippen LogP contribution in [-0.2, 0) is 9.59 Å². The van der Waals surface area contributed by atoms with Crippen molar-refractivity contribution in [2.75, 3.05) is 45.8 Å². The molecule has 1 aromatic carbocycles. The number of benzene rings is 1. The first-order valence-corrected chi connectivity index (χ1v) is 11.2. The van der Waals surface area contributed by atoms with Gasteiger partial charge in [-0.15, -0.1) is 0 Å². The molecule has 158 valence electrons. The molecule has 0 unspecified atom stereocenters. The maximum Gasteiger partial charge on any atom is 0.246 e. The van der Waals surface area contributed by atoms with Crippen LogP contribution in [0.15, 0.2) is 24.3 Å². The molecule has 2 heterocycles. The van der Waals surface area contributed by atoms with E-state index in [1.165, 1.54) is 38.4 Å². The molecule has 2 aliphatic heterocycles. The average molecular weight is 438 g/mol. The Kier molecular flexibility index (Phi) is 8.40. The van der Waals surface area contributed by atoms with Gasteiger partial charge in [0.1, 0.15) is 0 Å². The van der Waals surface area contributed by atoms with E-state index in [4.69, 9.17) is 23.2 Å². The van der Waals surface area contributed by atoms with Crippen LogP contribution in [0.5, 0.6) is 0 Å². The molecule has 0 saturated carbocycles. The second kappa shape index (κ2) is 11.0. The molecule has 29 heavy (non-hydrogen) atoms. The van der Waals surface area contributed by atoms with Gasteiger partial charge in [-0.25, -0.2) is 0 Å². The van der Waals surface area contributed by atoms with Gasteiger partial charge < -0.3 is 14.7 Å². The minimum atomic E-state index is -0.0842. The van der Waals surface area contributed by atoms with Crippen LogP contribution in [-0.4, -0.2) is 72.3 Å². The number of carbonyl (C=O) groups is 2. The van der Waals surface area contributed by atoms with E-state index >= 15 is 0 Å². The largest absolute Gasteiger partial charge is 0.341 e. The van der Waals surface area contributed by atoms with Crippen LogP contribution in [0.4, 0.5) is 0 Å². The Labute approximate surface area is 183 Å². The van der Waals surface area contributed by atoms with Gasteiger partial charge in [-0.1, -0.05) is 35.7 Å². The molecule has 2 fully saturated rings. The van der Waals surface area contributed by atoms with E-state index in [0.717, 1.165) is 25.1 Å². The number of hydrogen-bond acceptors (Lipinski definition) is 3. The number of likely N-dealkylation sites (tertiary alicyclic amines) is 1. The summed E-state index contributed by atoms with van der Waals surface area (Å²) in [5, 5.41) is 0.948.